The fraction of sp³-hybridized carbons (Fsp3) is 1.00. The third-order valence-corrected chi connectivity index (χ3v) is 36.3. The van der Waals surface area contributed by atoms with E-state index in [0.717, 1.165) is 0 Å². The van der Waals surface area contributed by atoms with Gasteiger partial charge in [-0.25, -0.2) is 0 Å². The molecule has 0 aromatic carbocycles. The van der Waals surface area contributed by atoms with Gasteiger partial charge in [-0.05, 0) is 0 Å². The molecule has 0 nitrogen and oxygen atoms in total. The average Bonchev–Trinajstić information content (AvgIpc) is 3.02. The quantitative estimate of drug-likeness (QED) is 0.113. The first-order valence-electron chi connectivity index (χ1n) is 12.5. The Hall–Kier alpha value is 11.6. The van der Waals surface area contributed by atoms with Gasteiger partial charge in [0.25, 0.3) is 0 Å². The number of hydrogen-bond acceptors (Lipinski definition) is 0. The molecular weight excluding hydrogens is 1660 g/mol. The summed E-state index contributed by atoms with van der Waals surface area (Å²) in [7, 11) is 0. The van der Waals surface area contributed by atoms with Crippen LogP contribution in [0.15, 0.2) is 0 Å². The molecule has 40 heteroatoms. The lowest BCUT2D eigenvalue weighted by molar-refractivity contribution is 0.389. The molecule has 0 radical (unpaired) electrons. The second kappa shape index (κ2) is 21.7. The molecule has 0 bridgehead atoms. The molecule has 0 N–H and O–H groups in total. The van der Waals surface area contributed by atoms with Crippen LogP contribution < -0.4 is 0 Å². The fourth-order valence-electron chi connectivity index (χ4n) is 3.45. The van der Waals surface area contributed by atoms with E-state index < -0.39 is 87.7 Å². The summed E-state index contributed by atoms with van der Waals surface area (Å²) < 4.78 is -62.5. The molecule has 0 spiro atoms. The van der Waals surface area contributed by atoms with Crippen LogP contribution in [0.4, 0.5) is 0 Å². The Kier molecular flexibility index (Phi) is 25.9. The van der Waals surface area contributed by atoms with Crippen molar-refractivity contribution in [1.29, 1.82) is 0 Å². The molecule has 0 aliphatic carbocycles. The van der Waals surface area contributed by atoms with Crippen LogP contribution in [0.3, 0.4) is 0 Å². The first-order valence-corrected chi connectivity index (χ1v) is 27.9. The largest absolute Gasteiger partial charge is 0.189 e. The van der Waals surface area contributed by atoms with Gasteiger partial charge in [-0.2, -0.15) is 0 Å². The van der Waals surface area contributed by atoms with E-state index in [1.807, 2.05) is 0 Å². The number of rotatable bonds is 19. The maximum absolute atomic E-state index is 6.61. The highest BCUT2D eigenvalue weighted by Gasteiger charge is 2.88. The van der Waals surface area contributed by atoms with Crippen molar-refractivity contribution in [2.24, 2.45) is 0 Å². The van der Waals surface area contributed by atoms with Crippen molar-refractivity contribution in [2.45, 2.75) is 87.7 Å². The Morgan fingerprint density at radius 3 is 0.267 bits per heavy atom. The van der Waals surface area contributed by atoms with Crippen molar-refractivity contribution in [3.8, 4) is 0 Å². The fourth-order valence-corrected chi connectivity index (χ4v) is 17.2. The minimum absolute atomic E-state index is 1.94. The summed E-state index contributed by atoms with van der Waals surface area (Å²) in [6.45, 7) is 0. The maximum atomic E-state index is 6.61. The summed E-state index contributed by atoms with van der Waals surface area (Å²) in [6, 6.07) is 0. The van der Waals surface area contributed by atoms with Crippen LogP contribution in [0.2, 0.25) is 0 Å². The van der Waals surface area contributed by atoms with Gasteiger partial charge in [0.2, 0.25) is 0 Å². The highest BCUT2D eigenvalue weighted by molar-refractivity contribution is 6.86. The highest BCUT2D eigenvalue weighted by Crippen LogP contribution is 2.79. The van der Waals surface area contributed by atoms with Crippen molar-refractivity contribution in [1.82, 2.24) is 0 Å². The molecule has 0 saturated carbocycles. The van der Waals surface area contributed by atoms with Crippen LogP contribution >= 0.6 is 464 Å². The zero-order chi connectivity index (χ0) is 50.2. The van der Waals surface area contributed by atoms with Gasteiger partial charge in [0.1, 0.15) is 9.67 Å². The molecule has 0 rings (SSSR count). The predicted octanol–water partition coefficient (Wildman–Crippen LogP) is 23.7. The topological polar surface area (TPSA) is 0 Å². The van der Waals surface area contributed by atoms with Gasteiger partial charge < -0.3 is 0 Å². The number of alkyl halides is 40. The van der Waals surface area contributed by atoms with Crippen molar-refractivity contribution in [3.05, 3.63) is 0 Å². The lowest BCUT2D eigenvalue weighted by Crippen LogP contribution is -2.76. The van der Waals surface area contributed by atoms with Crippen molar-refractivity contribution < 1.29 is 0 Å². The van der Waals surface area contributed by atoms with Gasteiger partial charge in [0, 0.05) is 0 Å². The molecular formula is C20H2Cl40. The Balaban J connectivity index is 7.92. The van der Waals surface area contributed by atoms with Crippen LogP contribution in [0.1, 0.15) is 0 Å². The standard InChI is InChI=1S/C20H2Cl40/c21-1(22)3(25,26)5(29,30)7(33,34)9(37,38)11(41,42)13(45,46)15(49,50)17(53,54)19(57,58)20(59,60)18(55,56)16(51,52)14(47,48)12(43,44)10(39,40)8(35,36)6(31,32)4(27,28)2(23)24/h1-2H. The smallest absolute Gasteiger partial charge is 0.102 e. The molecule has 0 saturated heterocycles. The molecule has 0 unspecified atom stereocenters. The lowest BCUT2D eigenvalue weighted by atomic mass is 9.96. The molecule has 362 valence electrons. The van der Waals surface area contributed by atoms with Crippen molar-refractivity contribution in [2.75, 3.05) is 0 Å². The maximum Gasteiger partial charge on any atom is 0.189 e. The van der Waals surface area contributed by atoms with Crippen molar-refractivity contribution in [3.63, 3.8) is 0 Å². The number of hydrogen-bond donors (Lipinski definition) is 0. The van der Waals surface area contributed by atoms with Gasteiger partial charge in [0.15, 0.2) is 78.0 Å². The predicted molar refractivity (Wildman–Crippen MR) is 291 cm³/mol. The molecule has 0 fully saturated rings. The molecule has 60 heavy (non-hydrogen) atoms. The van der Waals surface area contributed by atoms with Gasteiger partial charge in [0.05, 0.1) is 0 Å². The van der Waals surface area contributed by atoms with E-state index in [4.69, 9.17) is 464 Å². The summed E-state index contributed by atoms with van der Waals surface area (Å²) in [5, 5.41) is 0. The normalized spacial score (nSPS) is 17.3. The minimum Gasteiger partial charge on any atom is -0.102 e. The second-order valence-corrected chi connectivity index (χ2v) is 37.2. The van der Waals surface area contributed by atoms with E-state index in [1.54, 1.807) is 0 Å². The van der Waals surface area contributed by atoms with Crippen LogP contribution in [-0.2, 0) is 0 Å². The lowest BCUT2D eigenvalue weighted by Gasteiger charge is -2.59. The van der Waals surface area contributed by atoms with Crippen LogP contribution in [0.5, 0.6) is 0 Å². The van der Waals surface area contributed by atoms with Gasteiger partial charge in [-0.3, -0.25) is 0 Å². The van der Waals surface area contributed by atoms with Gasteiger partial charge in [-0.1, -0.05) is 418 Å². The molecule has 0 aromatic rings. The van der Waals surface area contributed by atoms with Crippen LogP contribution in [0.25, 0.3) is 0 Å². The third kappa shape index (κ3) is 10.5. The zero-order valence-corrected chi connectivity index (χ0v) is 55.5. The molecule has 0 aromatic heterocycles. The Bertz CT molecular complexity index is 1420. The summed E-state index contributed by atoms with van der Waals surface area (Å²) >= 11 is 256. The van der Waals surface area contributed by atoms with E-state index in [2.05, 4.69) is 0 Å². The number of halogens is 40. The Morgan fingerprint density at radius 2 is 0.200 bits per heavy atom. The van der Waals surface area contributed by atoms with Crippen molar-refractivity contribution >= 4 is 464 Å². The minimum atomic E-state index is -3.75. The first-order chi connectivity index (χ1) is 25.1. The summed E-state index contributed by atoms with van der Waals surface area (Å²) in [5.41, 5.74) is 0. The van der Waals surface area contributed by atoms with E-state index >= 15 is 0 Å². The average molecular weight is 1660 g/mol. The molecule has 0 heterocycles. The van der Waals surface area contributed by atoms with Gasteiger partial charge >= 0.3 is 0 Å². The molecule has 0 atom stereocenters. The Labute approximate surface area is 542 Å². The van der Waals surface area contributed by atoms with Crippen LogP contribution in [-0.4, -0.2) is 87.7 Å². The molecule has 0 aliphatic rings. The van der Waals surface area contributed by atoms with E-state index in [-0.39, 0.29) is 0 Å². The van der Waals surface area contributed by atoms with E-state index in [1.165, 1.54) is 0 Å². The highest BCUT2D eigenvalue weighted by atomic mass is 35.6. The Morgan fingerprint density at radius 1 is 0.133 bits per heavy atom. The SMILES string of the molecule is ClC(Cl)C(Cl)(Cl)C(Cl)(Cl)C(Cl)(Cl)C(Cl)(Cl)C(Cl)(Cl)C(Cl)(Cl)C(Cl)(Cl)C(Cl)(Cl)C(Cl)(Cl)C(Cl)(Cl)C(Cl)(Cl)C(Cl)(Cl)C(Cl)(Cl)C(Cl)(Cl)C(Cl)(Cl)C(Cl)(Cl)C(Cl)(Cl)C(Cl)(Cl)C(Cl)Cl. The van der Waals surface area contributed by atoms with Gasteiger partial charge in [-0.15, -0.1) is 46.4 Å². The summed E-state index contributed by atoms with van der Waals surface area (Å²) in [4.78, 5) is -3.88. The zero-order valence-electron chi connectivity index (χ0n) is 25.3. The summed E-state index contributed by atoms with van der Waals surface area (Å²) in [5.74, 6) is 0. The molecule has 0 aliphatic heterocycles. The molecule has 0 amide bonds. The third-order valence-electron chi connectivity index (χ3n) is 7.30. The first kappa shape index (κ1) is 71.6. The summed E-state index contributed by atoms with van der Waals surface area (Å²) in [6.07, 6.45) is 0. The van der Waals surface area contributed by atoms with E-state index in [0.29, 0.717) is 0 Å². The van der Waals surface area contributed by atoms with E-state index in [9.17, 15) is 0 Å². The monoisotopic (exact) mass is 1640 g/mol. The van der Waals surface area contributed by atoms with Crippen LogP contribution in [0, 0.1) is 0 Å². The second-order valence-electron chi connectivity index (χ2n) is 11.0.